The Morgan fingerprint density at radius 3 is 2.79 bits per heavy atom. The smallest absolute Gasteiger partial charge is 0.253 e. The van der Waals surface area contributed by atoms with E-state index in [1.807, 2.05) is 23.1 Å². The van der Waals surface area contributed by atoms with Gasteiger partial charge in [-0.2, -0.15) is 0 Å². The fraction of sp³-hybridized carbons (Fsp3) is 0.467. The van der Waals surface area contributed by atoms with Gasteiger partial charge in [-0.3, -0.25) is 4.79 Å². The van der Waals surface area contributed by atoms with Gasteiger partial charge in [0.25, 0.3) is 5.91 Å². The molecule has 0 radical (unpaired) electrons. The highest BCUT2D eigenvalue weighted by Crippen LogP contribution is 2.40. The zero-order valence-electron chi connectivity index (χ0n) is 10.8. The van der Waals surface area contributed by atoms with E-state index in [0.717, 1.165) is 42.9 Å². The minimum atomic E-state index is 0.115. The van der Waals surface area contributed by atoms with Crippen molar-refractivity contribution in [1.82, 2.24) is 9.88 Å². The second-order valence-electron chi connectivity index (χ2n) is 5.51. The third-order valence-corrected chi connectivity index (χ3v) is 3.97. The van der Waals surface area contributed by atoms with Crippen molar-refractivity contribution in [2.75, 3.05) is 13.1 Å². The standard InChI is InChI=1S/C15H16N2O2/c18-15(17-7-1-2-8-17)11-5-6-12-13(9-11)19-14(16-12)10-3-4-10/h5-6,9-10H,1-4,7-8H2. The summed E-state index contributed by atoms with van der Waals surface area (Å²) in [5.74, 6) is 1.45. The monoisotopic (exact) mass is 256 g/mol. The number of hydrogen-bond acceptors (Lipinski definition) is 3. The summed E-state index contributed by atoms with van der Waals surface area (Å²) in [6, 6.07) is 5.60. The predicted octanol–water partition coefficient (Wildman–Crippen LogP) is 2.94. The first kappa shape index (κ1) is 11.0. The van der Waals surface area contributed by atoms with Gasteiger partial charge in [-0.25, -0.2) is 4.98 Å². The number of amides is 1. The van der Waals surface area contributed by atoms with Crippen molar-refractivity contribution in [3.63, 3.8) is 0 Å². The molecule has 0 spiro atoms. The zero-order valence-corrected chi connectivity index (χ0v) is 10.8. The Kier molecular flexibility index (Phi) is 2.37. The molecule has 4 nitrogen and oxygen atoms in total. The molecule has 1 aliphatic heterocycles. The van der Waals surface area contributed by atoms with Gasteiger partial charge in [-0.05, 0) is 43.9 Å². The first-order valence-electron chi connectivity index (χ1n) is 7.01. The molecule has 0 atom stereocenters. The molecule has 1 aromatic carbocycles. The molecule has 1 aliphatic carbocycles. The van der Waals surface area contributed by atoms with Crippen molar-refractivity contribution >= 4 is 17.0 Å². The molecule has 1 aromatic heterocycles. The second kappa shape index (κ2) is 4.08. The maximum absolute atomic E-state index is 12.3. The molecule has 2 fully saturated rings. The van der Waals surface area contributed by atoms with Crippen LogP contribution in [0.25, 0.3) is 11.1 Å². The number of fused-ring (bicyclic) bond motifs is 1. The summed E-state index contributed by atoms with van der Waals surface area (Å²) in [6.45, 7) is 1.75. The van der Waals surface area contributed by atoms with Crippen LogP contribution < -0.4 is 0 Å². The molecular formula is C15H16N2O2. The lowest BCUT2D eigenvalue weighted by molar-refractivity contribution is 0.0793. The number of carbonyl (C=O) groups excluding carboxylic acids is 1. The Hall–Kier alpha value is -1.84. The molecule has 1 saturated carbocycles. The summed E-state index contributed by atoms with van der Waals surface area (Å²) in [4.78, 5) is 18.7. The van der Waals surface area contributed by atoms with Crippen molar-refractivity contribution in [3.8, 4) is 0 Å². The first-order valence-corrected chi connectivity index (χ1v) is 7.01. The molecule has 2 aromatic rings. The highest BCUT2D eigenvalue weighted by molar-refractivity contribution is 5.97. The quantitative estimate of drug-likeness (QED) is 0.830. The normalized spacial score (nSPS) is 19.3. The number of carbonyl (C=O) groups is 1. The van der Waals surface area contributed by atoms with E-state index in [1.165, 1.54) is 12.8 Å². The zero-order chi connectivity index (χ0) is 12.8. The summed E-state index contributed by atoms with van der Waals surface area (Å²) in [6.07, 6.45) is 4.57. The summed E-state index contributed by atoms with van der Waals surface area (Å²) in [5, 5.41) is 0. The number of hydrogen-bond donors (Lipinski definition) is 0. The van der Waals surface area contributed by atoms with Gasteiger partial charge < -0.3 is 9.32 Å². The SMILES string of the molecule is O=C(c1ccc2nc(C3CC3)oc2c1)N1CCCC1. The predicted molar refractivity (Wildman–Crippen MR) is 71.1 cm³/mol. The molecule has 1 amide bonds. The van der Waals surface area contributed by atoms with E-state index in [-0.39, 0.29) is 5.91 Å². The number of nitrogens with zero attached hydrogens (tertiary/aromatic N) is 2. The Bertz CT molecular complexity index is 637. The van der Waals surface area contributed by atoms with Gasteiger partial charge in [0, 0.05) is 24.6 Å². The molecule has 0 N–H and O–H groups in total. The van der Waals surface area contributed by atoms with E-state index < -0.39 is 0 Å². The van der Waals surface area contributed by atoms with E-state index >= 15 is 0 Å². The minimum Gasteiger partial charge on any atom is -0.440 e. The van der Waals surface area contributed by atoms with E-state index in [9.17, 15) is 4.79 Å². The van der Waals surface area contributed by atoms with Gasteiger partial charge in [0.15, 0.2) is 11.5 Å². The van der Waals surface area contributed by atoms with Gasteiger partial charge in [0.1, 0.15) is 5.52 Å². The maximum atomic E-state index is 12.3. The van der Waals surface area contributed by atoms with E-state index in [4.69, 9.17) is 4.42 Å². The van der Waals surface area contributed by atoms with Crippen LogP contribution >= 0.6 is 0 Å². The molecular weight excluding hydrogens is 240 g/mol. The van der Waals surface area contributed by atoms with Crippen molar-refractivity contribution in [3.05, 3.63) is 29.7 Å². The number of rotatable bonds is 2. The van der Waals surface area contributed by atoms with Gasteiger partial charge in [0.2, 0.25) is 0 Å². The van der Waals surface area contributed by atoms with Crippen LogP contribution in [0, 0.1) is 0 Å². The molecule has 4 heteroatoms. The summed E-state index contributed by atoms with van der Waals surface area (Å²) >= 11 is 0. The molecule has 98 valence electrons. The summed E-state index contributed by atoms with van der Waals surface area (Å²) in [7, 11) is 0. The second-order valence-corrected chi connectivity index (χ2v) is 5.51. The number of aromatic nitrogens is 1. The fourth-order valence-corrected chi connectivity index (χ4v) is 2.68. The third-order valence-electron chi connectivity index (χ3n) is 3.97. The van der Waals surface area contributed by atoms with Crippen molar-refractivity contribution < 1.29 is 9.21 Å². The highest BCUT2D eigenvalue weighted by Gasteiger charge is 2.29. The van der Waals surface area contributed by atoms with Crippen LogP contribution in [0.1, 0.15) is 47.8 Å². The molecule has 2 heterocycles. The minimum absolute atomic E-state index is 0.115. The van der Waals surface area contributed by atoms with Crippen LogP contribution in [0.2, 0.25) is 0 Å². The largest absolute Gasteiger partial charge is 0.440 e. The topological polar surface area (TPSA) is 46.3 Å². The highest BCUT2D eigenvalue weighted by atomic mass is 16.3. The lowest BCUT2D eigenvalue weighted by atomic mass is 10.2. The van der Waals surface area contributed by atoms with Crippen LogP contribution in [-0.4, -0.2) is 28.9 Å². The Morgan fingerprint density at radius 2 is 2.05 bits per heavy atom. The Balaban J connectivity index is 1.68. The van der Waals surface area contributed by atoms with Crippen LogP contribution in [0.4, 0.5) is 0 Å². The van der Waals surface area contributed by atoms with Crippen LogP contribution in [0.3, 0.4) is 0 Å². The van der Waals surface area contributed by atoms with E-state index in [0.29, 0.717) is 11.5 Å². The van der Waals surface area contributed by atoms with E-state index in [1.54, 1.807) is 0 Å². The first-order chi connectivity index (χ1) is 9.31. The lowest BCUT2D eigenvalue weighted by Crippen LogP contribution is -2.27. The average molecular weight is 256 g/mol. The van der Waals surface area contributed by atoms with Crippen LogP contribution in [0.5, 0.6) is 0 Å². The van der Waals surface area contributed by atoms with E-state index in [2.05, 4.69) is 4.98 Å². The third kappa shape index (κ3) is 1.91. The Labute approximate surface area is 111 Å². The van der Waals surface area contributed by atoms with Crippen LogP contribution in [-0.2, 0) is 0 Å². The number of benzene rings is 1. The molecule has 0 unspecified atom stereocenters. The van der Waals surface area contributed by atoms with Crippen LogP contribution in [0.15, 0.2) is 22.6 Å². The van der Waals surface area contributed by atoms with Crippen molar-refractivity contribution in [2.45, 2.75) is 31.6 Å². The van der Waals surface area contributed by atoms with Gasteiger partial charge in [-0.15, -0.1) is 0 Å². The van der Waals surface area contributed by atoms with Gasteiger partial charge >= 0.3 is 0 Å². The molecule has 2 aliphatic rings. The summed E-state index contributed by atoms with van der Waals surface area (Å²) < 4.78 is 5.76. The summed E-state index contributed by atoms with van der Waals surface area (Å²) in [5.41, 5.74) is 2.32. The average Bonchev–Trinajstić information content (AvgIpc) is 2.99. The maximum Gasteiger partial charge on any atom is 0.253 e. The van der Waals surface area contributed by atoms with Gasteiger partial charge in [-0.1, -0.05) is 0 Å². The lowest BCUT2D eigenvalue weighted by Gasteiger charge is -2.14. The molecule has 1 saturated heterocycles. The fourth-order valence-electron chi connectivity index (χ4n) is 2.68. The molecule has 0 bridgehead atoms. The molecule has 19 heavy (non-hydrogen) atoms. The van der Waals surface area contributed by atoms with Crippen molar-refractivity contribution in [1.29, 1.82) is 0 Å². The molecule has 4 rings (SSSR count). The Morgan fingerprint density at radius 1 is 1.26 bits per heavy atom. The number of likely N-dealkylation sites (tertiary alicyclic amines) is 1. The number of oxazole rings is 1. The van der Waals surface area contributed by atoms with Crippen molar-refractivity contribution in [2.24, 2.45) is 0 Å². The van der Waals surface area contributed by atoms with Gasteiger partial charge in [0.05, 0.1) is 0 Å².